The number of anilines is 2. The van der Waals surface area contributed by atoms with E-state index in [9.17, 15) is 0 Å². The smallest absolute Gasteiger partial charge is 0.299 e. The van der Waals surface area contributed by atoms with Gasteiger partial charge >= 0.3 is 0 Å². The number of aromatic amines is 1. The monoisotopic (exact) mass is 420 g/mol. The van der Waals surface area contributed by atoms with E-state index in [0.717, 1.165) is 29.0 Å². The van der Waals surface area contributed by atoms with Crippen LogP contribution in [0.2, 0.25) is 0 Å². The summed E-state index contributed by atoms with van der Waals surface area (Å²) in [7, 11) is 0. The molecule has 0 saturated carbocycles. The summed E-state index contributed by atoms with van der Waals surface area (Å²) in [6, 6.07) is 11.1. The van der Waals surface area contributed by atoms with E-state index in [-0.39, 0.29) is 17.1 Å². The zero-order valence-corrected chi connectivity index (χ0v) is 19.4. The molecular weight excluding hydrogens is 388 g/mol. The van der Waals surface area contributed by atoms with Crippen LogP contribution in [0.3, 0.4) is 0 Å². The topological polar surface area (TPSA) is 82.9 Å². The van der Waals surface area contributed by atoms with E-state index in [0.29, 0.717) is 11.7 Å². The number of pyridine rings is 1. The lowest BCUT2D eigenvalue weighted by molar-refractivity contribution is 0.418. The van der Waals surface area contributed by atoms with E-state index in [2.05, 4.69) is 85.8 Å². The first kappa shape index (κ1) is 21.2. The summed E-state index contributed by atoms with van der Waals surface area (Å²) in [4.78, 5) is 19.1. The van der Waals surface area contributed by atoms with Gasteiger partial charge in [0.15, 0.2) is 11.2 Å². The second-order valence-electron chi connectivity index (χ2n) is 10.1. The second kappa shape index (κ2) is 7.55. The Morgan fingerprint density at radius 2 is 1.87 bits per heavy atom. The van der Waals surface area contributed by atoms with E-state index in [4.69, 9.17) is 9.40 Å². The van der Waals surface area contributed by atoms with Crippen molar-refractivity contribution in [1.82, 2.24) is 19.9 Å². The van der Waals surface area contributed by atoms with Crippen molar-refractivity contribution in [3.63, 3.8) is 0 Å². The van der Waals surface area contributed by atoms with Gasteiger partial charge in [-0.05, 0) is 84.7 Å². The highest BCUT2D eigenvalue weighted by molar-refractivity contribution is 5.76. The van der Waals surface area contributed by atoms with Gasteiger partial charge in [-0.2, -0.15) is 9.97 Å². The highest BCUT2D eigenvalue weighted by Crippen LogP contribution is 2.30. The third-order valence-corrected chi connectivity index (χ3v) is 5.25. The largest absolute Gasteiger partial charge is 0.423 e. The number of nitrogens with one attached hydrogen (secondary N) is 2. The number of rotatable bonds is 6. The number of fused-ring (bicyclic) bond motifs is 2. The fraction of sp³-hybridized carbons (Fsp3) is 0.458. The van der Waals surface area contributed by atoms with Crippen molar-refractivity contribution in [3.05, 3.63) is 42.1 Å². The van der Waals surface area contributed by atoms with Gasteiger partial charge < -0.3 is 19.6 Å². The maximum atomic E-state index is 6.20. The summed E-state index contributed by atoms with van der Waals surface area (Å²) in [5, 5.41) is 3.50. The average Bonchev–Trinajstić information content (AvgIpc) is 3.21. The molecule has 0 aliphatic heterocycles. The minimum absolute atomic E-state index is 0.0782. The van der Waals surface area contributed by atoms with Crippen molar-refractivity contribution < 1.29 is 4.42 Å². The summed E-state index contributed by atoms with van der Waals surface area (Å²) in [5.41, 5.74) is 4.20. The van der Waals surface area contributed by atoms with Crippen LogP contribution in [0.25, 0.3) is 22.3 Å². The number of hydrogen-bond acceptors (Lipinski definition) is 6. The van der Waals surface area contributed by atoms with Gasteiger partial charge in [-0.1, -0.05) is 6.07 Å². The Morgan fingerprint density at radius 3 is 2.55 bits per heavy atom. The van der Waals surface area contributed by atoms with Crippen LogP contribution in [-0.4, -0.2) is 37.1 Å². The minimum atomic E-state index is -0.222. The number of benzene rings is 1. The molecule has 164 valence electrons. The zero-order valence-electron chi connectivity index (χ0n) is 19.4. The Bertz CT molecular complexity index is 1160. The first-order chi connectivity index (χ1) is 14.5. The van der Waals surface area contributed by atoms with Crippen LogP contribution in [-0.2, 0) is 6.42 Å². The van der Waals surface area contributed by atoms with Gasteiger partial charge in [-0.3, -0.25) is 0 Å². The molecule has 0 spiro atoms. The average molecular weight is 421 g/mol. The van der Waals surface area contributed by atoms with Crippen molar-refractivity contribution in [1.29, 1.82) is 0 Å². The van der Waals surface area contributed by atoms with Crippen LogP contribution in [0.5, 0.6) is 0 Å². The normalized spacial score (nSPS) is 12.8. The van der Waals surface area contributed by atoms with Crippen molar-refractivity contribution in [2.75, 3.05) is 10.2 Å². The third-order valence-electron chi connectivity index (χ3n) is 5.25. The van der Waals surface area contributed by atoms with Crippen molar-refractivity contribution >= 4 is 34.2 Å². The Kier molecular flexibility index (Phi) is 5.15. The van der Waals surface area contributed by atoms with Crippen molar-refractivity contribution in [2.24, 2.45) is 0 Å². The van der Waals surface area contributed by atoms with Crippen LogP contribution in [0.15, 0.2) is 40.9 Å². The number of hydrogen-bond donors (Lipinski definition) is 2. The Balaban J connectivity index is 1.56. The van der Waals surface area contributed by atoms with Gasteiger partial charge in [0.2, 0.25) is 5.95 Å². The van der Waals surface area contributed by atoms with Gasteiger partial charge in [0.05, 0.1) is 5.52 Å². The Morgan fingerprint density at radius 1 is 1.10 bits per heavy atom. The molecule has 3 heterocycles. The number of nitrogens with zero attached hydrogens (tertiary/aromatic N) is 4. The van der Waals surface area contributed by atoms with Crippen LogP contribution in [0, 0.1) is 0 Å². The molecule has 0 fully saturated rings. The molecule has 0 aliphatic carbocycles. The maximum absolute atomic E-state index is 6.20. The summed E-state index contributed by atoms with van der Waals surface area (Å²) < 4.78 is 6.20. The lowest BCUT2D eigenvalue weighted by atomic mass is 9.95. The minimum Gasteiger partial charge on any atom is -0.423 e. The Hall–Kier alpha value is -3.09. The molecule has 0 atom stereocenters. The fourth-order valence-electron chi connectivity index (χ4n) is 4.23. The van der Waals surface area contributed by atoms with Gasteiger partial charge in [-0.15, -0.1) is 0 Å². The second-order valence-corrected chi connectivity index (χ2v) is 10.1. The molecule has 4 rings (SSSR count). The number of H-pyrrole nitrogens is 1. The van der Waals surface area contributed by atoms with Crippen molar-refractivity contribution in [2.45, 2.75) is 72.0 Å². The van der Waals surface area contributed by atoms with E-state index < -0.39 is 0 Å². The molecule has 7 heteroatoms. The molecule has 0 bridgehead atoms. The highest BCUT2D eigenvalue weighted by atomic mass is 16.4. The van der Waals surface area contributed by atoms with E-state index in [1.807, 2.05) is 18.2 Å². The predicted octanol–water partition coefficient (Wildman–Crippen LogP) is 5.55. The molecule has 31 heavy (non-hydrogen) atoms. The van der Waals surface area contributed by atoms with Crippen LogP contribution in [0.1, 0.15) is 54.0 Å². The molecular formula is C24H32N6O. The van der Waals surface area contributed by atoms with Gasteiger partial charge in [0, 0.05) is 23.3 Å². The standard InChI is InChI=1S/C24H32N6O/c1-15(2)30(23(3,4)5)22-27-17-11-10-16(13-19(17)31-22)14-24(6,7)29-21-26-18-9-8-12-25-20(18)28-21/h8-13,15H,14H2,1-7H3,(H2,25,26,28,29). The SMILES string of the molecule is CC(C)N(c1nc2ccc(CC(C)(C)Nc3nc4ncccc4[nH]3)cc2o1)C(C)(C)C. The van der Waals surface area contributed by atoms with Crippen LogP contribution in [0.4, 0.5) is 12.0 Å². The Labute approximate surface area is 183 Å². The first-order valence-electron chi connectivity index (χ1n) is 10.8. The quantitative estimate of drug-likeness (QED) is 0.426. The summed E-state index contributed by atoms with van der Waals surface area (Å²) in [6.45, 7) is 15.2. The molecule has 0 amide bonds. The lowest BCUT2D eigenvalue weighted by Crippen LogP contribution is -2.46. The summed E-state index contributed by atoms with van der Waals surface area (Å²) >= 11 is 0. The van der Waals surface area contributed by atoms with Crippen LogP contribution >= 0.6 is 0 Å². The number of imidazole rings is 1. The third kappa shape index (κ3) is 4.50. The molecule has 3 aromatic heterocycles. The molecule has 0 saturated heterocycles. The molecule has 2 N–H and O–H groups in total. The lowest BCUT2D eigenvalue weighted by Gasteiger charge is -2.37. The van der Waals surface area contributed by atoms with Gasteiger partial charge in [0.25, 0.3) is 6.01 Å². The zero-order chi connectivity index (χ0) is 22.4. The highest BCUT2D eigenvalue weighted by Gasteiger charge is 2.28. The molecule has 4 aromatic rings. The number of aromatic nitrogens is 4. The molecule has 0 aliphatic rings. The maximum Gasteiger partial charge on any atom is 0.299 e. The summed E-state index contributed by atoms with van der Waals surface area (Å²) in [6.07, 6.45) is 2.55. The van der Waals surface area contributed by atoms with E-state index in [1.54, 1.807) is 6.20 Å². The predicted molar refractivity (Wildman–Crippen MR) is 127 cm³/mol. The van der Waals surface area contributed by atoms with Gasteiger partial charge in [0.1, 0.15) is 5.52 Å². The van der Waals surface area contributed by atoms with E-state index >= 15 is 0 Å². The molecule has 1 aromatic carbocycles. The molecule has 7 nitrogen and oxygen atoms in total. The van der Waals surface area contributed by atoms with Gasteiger partial charge in [-0.25, -0.2) is 4.98 Å². The fourth-order valence-corrected chi connectivity index (χ4v) is 4.23. The first-order valence-corrected chi connectivity index (χ1v) is 10.8. The van der Waals surface area contributed by atoms with Crippen molar-refractivity contribution in [3.8, 4) is 0 Å². The van der Waals surface area contributed by atoms with Crippen LogP contribution < -0.4 is 10.2 Å². The number of oxazole rings is 1. The summed E-state index contributed by atoms with van der Waals surface area (Å²) in [5.74, 6) is 0.722. The molecule has 0 radical (unpaired) electrons. The van der Waals surface area contributed by atoms with E-state index in [1.165, 1.54) is 5.56 Å². The molecule has 0 unspecified atom stereocenters.